The van der Waals surface area contributed by atoms with Crippen LogP contribution in [0, 0.1) is 6.92 Å². The molecule has 0 fully saturated rings. The third-order valence-corrected chi connectivity index (χ3v) is 1.86. The molecule has 0 saturated carbocycles. The first kappa shape index (κ1) is 9.51. The van der Waals surface area contributed by atoms with Gasteiger partial charge in [0.1, 0.15) is 4.61 Å². The van der Waals surface area contributed by atoms with Crippen molar-refractivity contribution in [1.29, 1.82) is 0 Å². The molecule has 64 valence electrons. The van der Waals surface area contributed by atoms with Crippen LogP contribution < -0.4 is 0 Å². The van der Waals surface area contributed by atoms with E-state index in [1.54, 1.807) is 6.07 Å². The van der Waals surface area contributed by atoms with Crippen LogP contribution in [0.5, 0.6) is 0 Å². The molecule has 1 rings (SSSR count). The van der Waals surface area contributed by atoms with Gasteiger partial charge in [-0.1, -0.05) is 18.2 Å². The van der Waals surface area contributed by atoms with Gasteiger partial charge in [0.2, 0.25) is 0 Å². The van der Waals surface area contributed by atoms with Gasteiger partial charge >= 0.3 is 5.97 Å². The van der Waals surface area contributed by atoms with Crippen LogP contribution in [-0.2, 0) is 4.74 Å². The SMILES string of the molecule is Cc1ccccc1C(=O)OCI. The van der Waals surface area contributed by atoms with E-state index in [4.69, 9.17) is 4.74 Å². The van der Waals surface area contributed by atoms with Crippen molar-refractivity contribution < 1.29 is 9.53 Å². The molecule has 0 bridgehead atoms. The molecule has 0 saturated heterocycles. The van der Waals surface area contributed by atoms with Gasteiger partial charge < -0.3 is 4.74 Å². The van der Waals surface area contributed by atoms with Gasteiger partial charge in [-0.3, -0.25) is 0 Å². The second kappa shape index (κ2) is 4.45. The Morgan fingerprint density at radius 1 is 1.50 bits per heavy atom. The van der Waals surface area contributed by atoms with Crippen molar-refractivity contribution in [2.75, 3.05) is 4.61 Å². The Morgan fingerprint density at radius 3 is 2.75 bits per heavy atom. The number of hydrogen-bond acceptors (Lipinski definition) is 2. The summed E-state index contributed by atoms with van der Waals surface area (Å²) in [6.45, 7) is 1.89. The number of alkyl halides is 1. The molecular formula is C9H9IO2. The molecule has 3 heteroatoms. The van der Waals surface area contributed by atoms with E-state index in [2.05, 4.69) is 0 Å². The summed E-state index contributed by atoms with van der Waals surface area (Å²) in [7, 11) is 0. The van der Waals surface area contributed by atoms with E-state index in [1.165, 1.54) is 0 Å². The summed E-state index contributed by atoms with van der Waals surface area (Å²) < 4.78 is 5.25. The van der Waals surface area contributed by atoms with E-state index in [0.717, 1.165) is 5.56 Å². The fraction of sp³-hybridized carbons (Fsp3) is 0.222. The summed E-state index contributed by atoms with van der Waals surface area (Å²) in [5, 5.41) is 0. The number of rotatable bonds is 2. The van der Waals surface area contributed by atoms with Crippen molar-refractivity contribution in [3.05, 3.63) is 35.4 Å². The summed E-state index contributed by atoms with van der Waals surface area (Å²) in [6, 6.07) is 7.39. The minimum absolute atomic E-state index is 0.248. The minimum Gasteiger partial charge on any atom is -0.451 e. The molecule has 1 aromatic carbocycles. The van der Waals surface area contributed by atoms with E-state index >= 15 is 0 Å². The second-order valence-electron chi connectivity index (χ2n) is 2.36. The fourth-order valence-corrected chi connectivity index (χ4v) is 1.21. The third-order valence-electron chi connectivity index (χ3n) is 1.55. The highest BCUT2D eigenvalue weighted by Crippen LogP contribution is 2.08. The normalized spacial score (nSPS) is 9.50. The molecule has 0 aliphatic heterocycles. The highest BCUT2D eigenvalue weighted by Gasteiger charge is 2.07. The van der Waals surface area contributed by atoms with Gasteiger partial charge in [-0.15, -0.1) is 0 Å². The van der Waals surface area contributed by atoms with Gasteiger partial charge in [-0.2, -0.15) is 0 Å². The smallest absolute Gasteiger partial charge is 0.339 e. The molecule has 0 atom stereocenters. The van der Waals surface area contributed by atoms with Crippen LogP contribution >= 0.6 is 22.6 Å². The lowest BCUT2D eigenvalue weighted by molar-refractivity contribution is 0.0589. The molecule has 0 radical (unpaired) electrons. The van der Waals surface area contributed by atoms with Crippen LogP contribution in [0.3, 0.4) is 0 Å². The number of carbonyl (C=O) groups is 1. The van der Waals surface area contributed by atoms with Crippen LogP contribution in [0.15, 0.2) is 24.3 Å². The molecule has 1 aromatic rings. The van der Waals surface area contributed by atoms with E-state index in [-0.39, 0.29) is 5.97 Å². The van der Waals surface area contributed by atoms with Gasteiger partial charge in [0.25, 0.3) is 0 Å². The lowest BCUT2D eigenvalue weighted by Gasteiger charge is -2.02. The number of hydrogen-bond donors (Lipinski definition) is 0. The monoisotopic (exact) mass is 276 g/mol. The van der Waals surface area contributed by atoms with Crippen molar-refractivity contribution in [3.8, 4) is 0 Å². The molecule has 0 aromatic heterocycles. The number of carbonyl (C=O) groups excluding carboxylic acids is 1. The van der Waals surface area contributed by atoms with Crippen LogP contribution in [-0.4, -0.2) is 10.6 Å². The Bertz CT molecular complexity index is 284. The molecule has 2 nitrogen and oxygen atoms in total. The average molecular weight is 276 g/mol. The first-order chi connectivity index (χ1) is 5.75. The van der Waals surface area contributed by atoms with Crippen molar-refractivity contribution in [2.24, 2.45) is 0 Å². The fourth-order valence-electron chi connectivity index (χ4n) is 0.929. The van der Waals surface area contributed by atoms with E-state index in [1.807, 2.05) is 47.7 Å². The number of halogens is 1. The van der Waals surface area contributed by atoms with Crippen LogP contribution in [0.25, 0.3) is 0 Å². The molecule has 0 unspecified atom stereocenters. The maximum absolute atomic E-state index is 11.2. The van der Waals surface area contributed by atoms with Gasteiger partial charge in [0.15, 0.2) is 0 Å². The zero-order chi connectivity index (χ0) is 8.97. The Labute approximate surface area is 85.1 Å². The predicted molar refractivity (Wildman–Crippen MR) is 55.5 cm³/mol. The molecule has 0 heterocycles. The standard InChI is InChI=1S/C9H9IO2/c1-7-4-2-3-5-8(7)9(11)12-6-10/h2-5H,6H2,1H3. The summed E-state index contributed by atoms with van der Waals surface area (Å²) >= 11 is 2.00. The molecule has 0 aliphatic rings. The Morgan fingerprint density at radius 2 is 2.17 bits per heavy atom. The maximum Gasteiger partial charge on any atom is 0.339 e. The lowest BCUT2D eigenvalue weighted by atomic mass is 10.1. The zero-order valence-electron chi connectivity index (χ0n) is 6.71. The molecule has 0 amide bonds. The Kier molecular flexibility index (Phi) is 3.52. The molecule has 0 N–H and O–H groups in total. The molecule has 12 heavy (non-hydrogen) atoms. The van der Waals surface area contributed by atoms with Gasteiger partial charge in [-0.05, 0) is 41.1 Å². The first-order valence-corrected chi connectivity index (χ1v) is 5.07. The van der Waals surface area contributed by atoms with Crippen molar-refractivity contribution in [1.82, 2.24) is 0 Å². The number of ether oxygens (including phenoxy) is 1. The Hall–Kier alpha value is -0.580. The first-order valence-electron chi connectivity index (χ1n) is 3.54. The Balaban J connectivity index is 2.87. The molecular weight excluding hydrogens is 267 g/mol. The summed E-state index contributed by atoms with van der Waals surface area (Å²) in [6.07, 6.45) is 0. The molecule has 0 spiro atoms. The van der Waals surface area contributed by atoms with Gasteiger partial charge in [0.05, 0.1) is 5.56 Å². The lowest BCUT2D eigenvalue weighted by Crippen LogP contribution is -2.04. The zero-order valence-corrected chi connectivity index (χ0v) is 8.87. The van der Waals surface area contributed by atoms with E-state index in [9.17, 15) is 4.79 Å². The van der Waals surface area contributed by atoms with E-state index < -0.39 is 0 Å². The summed E-state index contributed by atoms with van der Waals surface area (Å²) in [4.78, 5) is 11.2. The van der Waals surface area contributed by atoms with Gasteiger partial charge in [0, 0.05) is 0 Å². The quantitative estimate of drug-likeness (QED) is 0.471. The predicted octanol–water partition coefficient (Wildman–Crippen LogP) is 2.54. The summed E-state index contributed by atoms with van der Waals surface area (Å²) in [5.74, 6) is -0.248. The highest BCUT2D eigenvalue weighted by atomic mass is 127. The van der Waals surface area contributed by atoms with Crippen LogP contribution in [0.4, 0.5) is 0 Å². The third kappa shape index (κ3) is 2.20. The number of benzene rings is 1. The van der Waals surface area contributed by atoms with Crippen molar-refractivity contribution in [2.45, 2.75) is 6.92 Å². The van der Waals surface area contributed by atoms with Crippen molar-refractivity contribution >= 4 is 28.6 Å². The van der Waals surface area contributed by atoms with Gasteiger partial charge in [-0.25, -0.2) is 4.79 Å². The average Bonchev–Trinajstić information content (AvgIpc) is 2.05. The maximum atomic E-state index is 11.2. The number of esters is 1. The largest absolute Gasteiger partial charge is 0.451 e. The highest BCUT2D eigenvalue weighted by molar-refractivity contribution is 14.1. The van der Waals surface area contributed by atoms with Crippen LogP contribution in [0.2, 0.25) is 0 Å². The minimum atomic E-state index is -0.248. The summed E-state index contributed by atoms with van der Waals surface area (Å²) in [5.41, 5.74) is 1.60. The van der Waals surface area contributed by atoms with E-state index in [0.29, 0.717) is 10.2 Å². The second-order valence-corrected chi connectivity index (χ2v) is 2.98. The number of aryl methyl sites for hydroxylation is 1. The molecule has 0 aliphatic carbocycles. The van der Waals surface area contributed by atoms with Crippen molar-refractivity contribution in [3.63, 3.8) is 0 Å². The topological polar surface area (TPSA) is 26.3 Å². The van der Waals surface area contributed by atoms with Crippen LogP contribution in [0.1, 0.15) is 15.9 Å².